The fraction of sp³-hybridized carbons (Fsp3) is 1.00. The quantitative estimate of drug-likeness (QED) is 0.439. The summed E-state index contributed by atoms with van der Waals surface area (Å²) < 4.78 is 1.36. The molecule has 0 atom stereocenters. The molecule has 0 aromatic carbocycles. The Bertz CT molecular complexity index is 114. The second-order valence-corrected chi connectivity index (χ2v) is 4.56. The lowest BCUT2D eigenvalue weighted by atomic mass is 10.2. The van der Waals surface area contributed by atoms with Gasteiger partial charge in [-0.2, -0.15) is 0 Å². The Kier molecular flexibility index (Phi) is 4.07. The number of likely N-dealkylation sites (tertiary alicyclic amines) is 1. The Balaban J connectivity index is 2.05. The Morgan fingerprint density at radius 1 is 1.00 bits per heavy atom. The van der Waals surface area contributed by atoms with Gasteiger partial charge in [-0.15, -0.1) is 0 Å². The third-order valence-electron chi connectivity index (χ3n) is 3.20. The average Bonchev–Trinajstić information content (AvgIpc) is 2.47. The molecule has 0 unspecified atom stereocenters. The van der Waals surface area contributed by atoms with Crippen molar-refractivity contribution in [2.45, 2.75) is 45.4 Å². The van der Waals surface area contributed by atoms with Gasteiger partial charge in [-0.25, -0.2) is 0 Å². The summed E-state index contributed by atoms with van der Waals surface area (Å²) in [5.41, 5.74) is 0. The first-order valence-electron chi connectivity index (χ1n) is 5.60. The molecule has 0 spiro atoms. The van der Waals surface area contributed by atoms with Crippen LogP contribution in [0.25, 0.3) is 0 Å². The maximum atomic E-state index is 2.43. The highest BCUT2D eigenvalue weighted by molar-refractivity contribution is 4.52. The first kappa shape index (κ1) is 10.0. The van der Waals surface area contributed by atoms with Crippen LogP contribution in [0.4, 0.5) is 0 Å². The van der Waals surface area contributed by atoms with Crippen molar-refractivity contribution in [1.82, 2.24) is 0 Å². The van der Waals surface area contributed by atoms with Gasteiger partial charge in [-0.05, 0) is 12.8 Å². The van der Waals surface area contributed by atoms with Gasteiger partial charge in [0.2, 0.25) is 0 Å². The molecule has 1 aliphatic heterocycles. The third-order valence-corrected chi connectivity index (χ3v) is 3.20. The number of unbranched alkanes of at least 4 members (excludes halogenated alkanes) is 3. The zero-order valence-electron chi connectivity index (χ0n) is 8.81. The maximum Gasteiger partial charge on any atom is 0.0786 e. The molecule has 1 nitrogen and oxygen atoms in total. The Morgan fingerprint density at radius 3 is 2.25 bits per heavy atom. The van der Waals surface area contributed by atoms with E-state index in [2.05, 4.69) is 14.0 Å². The van der Waals surface area contributed by atoms with Crippen LogP contribution in [-0.2, 0) is 0 Å². The van der Waals surface area contributed by atoms with E-state index in [9.17, 15) is 0 Å². The van der Waals surface area contributed by atoms with Crippen molar-refractivity contribution in [3.05, 3.63) is 0 Å². The van der Waals surface area contributed by atoms with Crippen molar-refractivity contribution < 1.29 is 4.48 Å². The van der Waals surface area contributed by atoms with E-state index in [1.807, 2.05) is 0 Å². The Hall–Kier alpha value is -0.0400. The van der Waals surface area contributed by atoms with E-state index in [4.69, 9.17) is 0 Å². The summed E-state index contributed by atoms with van der Waals surface area (Å²) in [6, 6.07) is 0. The van der Waals surface area contributed by atoms with Crippen molar-refractivity contribution in [2.75, 3.05) is 26.7 Å². The van der Waals surface area contributed by atoms with Gasteiger partial charge < -0.3 is 4.48 Å². The molecule has 12 heavy (non-hydrogen) atoms. The summed E-state index contributed by atoms with van der Waals surface area (Å²) >= 11 is 0. The molecule has 0 aromatic rings. The molecule has 0 radical (unpaired) electrons. The van der Waals surface area contributed by atoms with E-state index in [1.165, 1.54) is 62.6 Å². The number of hydrogen-bond acceptors (Lipinski definition) is 0. The second kappa shape index (κ2) is 4.86. The van der Waals surface area contributed by atoms with Gasteiger partial charge in [0.15, 0.2) is 0 Å². The fourth-order valence-electron chi connectivity index (χ4n) is 2.24. The Morgan fingerprint density at radius 2 is 1.67 bits per heavy atom. The lowest BCUT2D eigenvalue weighted by Gasteiger charge is -2.29. The standard InChI is InChI=1S/C11H24N/c1-3-4-5-6-9-12(2)10-7-8-11-12/h3-11H2,1-2H3/q+1. The topological polar surface area (TPSA) is 0 Å². The van der Waals surface area contributed by atoms with Crippen molar-refractivity contribution in [2.24, 2.45) is 0 Å². The molecule has 1 heterocycles. The Labute approximate surface area is 77.4 Å². The van der Waals surface area contributed by atoms with Crippen LogP contribution in [0.3, 0.4) is 0 Å². The van der Waals surface area contributed by atoms with Crippen LogP contribution in [-0.4, -0.2) is 31.2 Å². The molecule has 1 heteroatoms. The zero-order chi connectivity index (χ0) is 8.86. The number of hydrogen-bond donors (Lipinski definition) is 0. The molecule has 0 N–H and O–H groups in total. The van der Waals surface area contributed by atoms with Crippen molar-refractivity contribution >= 4 is 0 Å². The van der Waals surface area contributed by atoms with Crippen LogP contribution < -0.4 is 0 Å². The van der Waals surface area contributed by atoms with Gasteiger partial charge in [0.25, 0.3) is 0 Å². The SMILES string of the molecule is CCCCCC[N+]1(C)CCCC1. The zero-order valence-corrected chi connectivity index (χ0v) is 8.81. The van der Waals surface area contributed by atoms with Crippen molar-refractivity contribution in [3.63, 3.8) is 0 Å². The van der Waals surface area contributed by atoms with Gasteiger partial charge in [0, 0.05) is 12.8 Å². The van der Waals surface area contributed by atoms with E-state index in [0.29, 0.717) is 0 Å². The van der Waals surface area contributed by atoms with Crippen LogP contribution in [0, 0.1) is 0 Å². The number of rotatable bonds is 5. The minimum absolute atomic E-state index is 1.36. The molecular weight excluding hydrogens is 146 g/mol. The van der Waals surface area contributed by atoms with Gasteiger partial charge in [-0.3, -0.25) is 0 Å². The molecule has 72 valence electrons. The number of nitrogens with zero attached hydrogens (tertiary/aromatic N) is 1. The largest absolute Gasteiger partial charge is 0.326 e. The van der Waals surface area contributed by atoms with Gasteiger partial charge in [-0.1, -0.05) is 19.8 Å². The monoisotopic (exact) mass is 170 g/mol. The molecule has 1 fully saturated rings. The van der Waals surface area contributed by atoms with Crippen LogP contribution >= 0.6 is 0 Å². The molecule has 1 aliphatic rings. The fourth-order valence-corrected chi connectivity index (χ4v) is 2.24. The highest BCUT2D eigenvalue weighted by atomic mass is 15.3. The summed E-state index contributed by atoms with van der Waals surface area (Å²) in [5.74, 6) is 0. The highest BCUT2D eigenvalue weighted by Gasteiger charge is 2.25. The highest BCUT2D eigenvalue weighted by Crippen LogP contribution is 2.17. The van der Waals surface area contributed by atoms with Crippen LogP contribution in [0.2, 0.25) is 0 Å². The second-order valence-electron chi connectivity index (χ2n) is 4.56. The lowest BCUT2D eigenvalue weighted by Crippen LogP contribution is -2.41. The predicted octanol–water partition coefficient (Wildman–Crippen LogP) is 2.81. The first-order chi connectivity index (χ1) is 5.77. The van der Waals surface area contributed by atoms with E-state index >= 15 is 0 Å². The first-order valence-corrected chi connectivity index (χ1v) is 5.60. The molecule has 0 saturated carbocycles. The average molecular weight is 170 g/mol. The summed E-state index contributed by atoms with van der Waals surface area (Å²) in [6.07, 6.45) is 8.62. The van der Waals surface area contributed by atoms with Crippen LogP contribution in [0.15, 0.2) is 0 Å². The van der Waals surface area contributed by atoms with Crippen LogP contribution in [0.5, 0.6) is 0 Å². The van der Waals surface area contributed by atoms with Gasteiger partial charge >= 0.3 is 0 Å². The van der Waals surface area contributed by atoms with Gasteiger partial charge in [0.1, 0.15) is 0 Å². The molecule has 1 saturated heterocycles. The van der Waals surface area contributed by atoms with Crippen molar-refractivity contribution in [1.29, 1.82) is 0 Å². The summed E-state index contributed by atoms with van der Waals surface area (Å²) in [4.78, 5) is 0. The van der Waals surface area contributed by atoms with E-state index < -0.39 is 0 Å². The minimum Gasteiger partial charge on any atom is -0.326 e. The predicted molar refractivity (Wildman–Crippen MR) is 54.2 cm³/mol. The van der Waals surface area contributed by atoms with E-state index in [0.717, 1.165) is 0 Å². The van der Waals surface area contributed by atoms with Gasteiger partial charge in [0.05, 0.1) is 26.7 Å². The lowest BCUT2D eigenvalue weighted by molar-refractivity contribution is -0.897. The minimum atomic E-state index is 1.36. The molecule has 0 bridgehead atoms. The molecule has 0 amide bonds. The summed E-state index contributed by atoms with van der Waals surface area (Å²) in [5, 5.41) is 0. The van der Waals surface area contributed by atoms with Crippen LogP contribution in [0.1, 0.15) is 45.4 Å². The summed E-state index contributed by atoms with van der Waals surface area (Å²) in [7, 11) is 2.43. The smallest absolute Gasteiger partial charge is 0.0786 e. The normalized spacial score (nSPS) is 21.5. The molecule has 1 rings (SSSR count). The van der Waals surface area contributed by atoms with E-state index in [1.54, 1.807) is 0 Å². The maximum absolute atomic E-state index is 2.43. The number of quaternary nitrogens is 1. The van der Waals surface area contributed by atoms with Crippen molar-refractivity contribution in [3.8, 4) is 0 Å². The third kappa shape index (κ3) is 3.14. The molecule has 0 aliphatic carbocycles. The molecular formula is C11H24N+. The molecule has 0 aromatic heterocycles. The summed E-state index contributed by atoms with van der Waals surface area (Å²) in [6.45, 7) is 6.59. The van der Waals surface area contributed by atoms with E-state index in [-0.39, 0.29) is 0 Å².